The third-order valence-corrected chi connectivity index (χ3v) is 2.36. The third kappa shape index (κ3) is 2.71. The van der Waals surface area contributed by atoms with Gasteiger partial charge in [0.05, 0.1) is 23.7 Å². The second-order valence-corrected chi connectivity index (χ2v) is 3.83. The fourth-order valence-electron chi connectivity index (χ4n) is 1.39. The van der Waals surface area contributed by atoms with Gasteiger partial charge < -0.3 is 4.98 Å². The van der Waals surface area contributed by atoms with Crippen LogP contribution in [0.25, 0.3) is 11.3 Å². The Morgan fingerprint density at radius 3 is 2.59 bits per heavy atom. The predicted molar refractivity (Wildman–Crippen MR) is 59.9 cm³/mol. The molecule has 0 bridgehead atoms. The molecule has 0 radical (unpaired) electrons. The standard InChI is InChI=1S/C11H7F3N2S/c12-11(13,14)8-3-1-2-7(4-8)9-5-15-6-10(17)16-9/h1-6H,(H,16,17). The summed E-state index contributed by atoms with van der Waals surface area (Å²) in [5.41, 5.74) is 0.167. The van der Waals surface area contributed by atoms with Crippen molar-refractivity contribution in [3.63, 3.8) is 0 Å². The van der Waals surface area contributed by atoms with E-state index in [1.165, 1.54) is 18.5 Å². The first-order valence-electron chi connectivity index (χ1n) is 4.69. The highest BCUT2D eigenvalue weighted by atomic mass is 32.1. The molecule has 0 unspecified atom stereocenters. The molecule has 0 aliphatic carbocycles. The average molecular weight is 256 g/mol. The minimum atomic E-state index is -4.35. The molecule has 2 aromatic rings. The van der Waals surface area contributed by atoms with Crippen molar-refractivity contribution in [2.75, 3.05) is 0 Å². The lowest BCUT2D eigenvalue weighted by molar-refractivity contribution is -0.137. The topological polar surface area (TPSA) is 28.7 Å². The van der Waals surface area contributed by atoms with Crippen molar-refractivity contribution >= 4 is 12.2 Å². The Hall–Kier alpha value is -1.69. The fourth-order valence-corrected chi connectivity index (χ4v) is 1.56. The number of nitrogens with one attached hydrogen (secondary N) is 1. The lowest BCUT2D eigenvalue weighted by Crippen LogP contribution is -2.04. The van der Waals surface area contributed by atoms with E-state index in [2.05, 4.69) is 9.97 Å². The molecule has 17 heavy (non-hydrogen) atoms. The van der Waals surface area contributed by atoms with Gasteiger partial charge in [-0.1, -0.05) is 24.4 Å². The third-order valence-electron chi connectivity index (χ3n) is 2.15. The quantitative estimate of drug-likeness (QED) is 0.786. The molecular formula is C11H7F3N2S. The van der Waals surface area contributed by atoms with Crippen LogP contribution < -0.4 is 0 Å². The van der Waals surface area contributed by atoms with E-state index in [1.54, 1.807) is 6.07 Å². The number of H-pyrrole nitrogens is 1. The van der Waals surface area contributed by atoms with Gasteiger partial charge in [0, 0.05) is 5.56 Å². The summed E-state index contributed by atoms with van der Waals surface area (Å²) in [6, 6.07) is 5.00. The molecule has 6 heteroatoms. The fraction of sp³-hybridized carbons (Fsp3) is 0.0909. The van der Waals surface area contributed by atoms with Crippen LogP contribution in [0.4, 0.5) is 13.2 Å². The Labute approximate surface area is 100 Å². The number of aromatic nitrogens is 2. The Kier molecular flexibility index (Phi) is 2.97. The second kappa shape index (κ2) is 4.29. The van der Waals surface area contributed by atoms with Crippen LogP contribution in [0.1, 0.15) is 5.56 Å². The maximum atomic E-state index is 12.5. The number of nitrogens with zero attached hydrogens (tertiary/aromatic N) is 1. The zero-order chi connectivity index (χ0) is 12.5. The molecule has 1 heterocycles. The minimum Gasteiger partial charge on any atom is -0.344 e. The van der Waals surface area contributed by atoms with Gasteiger partial charge in [0.25, 0.3) is 0 Å². The summed E-state index contributed by atoms with van der Waals surface area (Å²) >= 11 is 4.87. The molecular weight excluding hydrogens is 249 g/mol. The molecule has 0 fully saturated rings. The second-order valence-electron chi connectivity index (χ2n) is 3.39. The molecule has 1 N–H and O–H groups in total. The molecule has 0 atom stereocenters. The summed E-state index contributed by atoms with van der Waals surface area (Å²) in [6.07, 6.45) is -1.49. The summed E-state index contributed by atoms with van der Waals surface area (Å²) < 4.78 is 37.9. The van der Waals surface area contributed by atoms with Crippen LogP contribution in [0.15, 0.2) is 36.7 Å². The molecule has 0 amide bonds. The molecule has 0 aliphatic rings. The summed E-state index contributed by atoms with van der Waals surface area (Å²) in [5, 5.41) is 0. The number of halogens is 3. The van der Waals surface area contributed by atoms with Crippen molar-refractivity contribution in [2.45, 2.75) is 6.18 Å². The van der Waals surface area contributed by atoms with E-state index < -0.39 is 11.7 Å². The molecule has 0 saturated carbocycles. The Morgan fingerprint density at radius 2 is 1.94 bits per heavy atom. The van der Waals surface area contributed by atoms with Gasteiger partial charge in [-0.2, -0.15) is 13.2 Å². The SMILES string of the molecule is FC(F)(F)c1cccc(-c2cncc(=S)[nH]2)c1. The van der Waals surface area contributed by atoms with Crippen molar-refractivity contribution in [2.24, 2.45) is 0 Å². The van der Waals surface area contributed by atoms with Gasteiger partial charge in [0.1, 0.15) is 4.64 Å². The van der Waals surface area contributed by atoms with Gasteiger partial charge in [-0.25, -0.2) is 0 Å². The van der Waals surface area contributed by atoms with Crippen LogP contribution in [-0.2, 0) is 6.18 Å². The number of hydrogen-bond acceptors (Lipinski definition) is 2. The molecule has 88 valence electrons. The molecule has 0 aliphatic heterocycles. The van der Waals surface area contributed by atoms with E-state index in [1.807, 2.05) is 0 Å². The van der Waals surface area contributed by atoms with Gasteiger partial charge in [-0.15, -0.1) is 0 Å². The monoisotopic (exact) mass is 256 g/mol. The lowest BCUT2D eigenvalue weighted by Gasteiger charge is -2.08. The predicted octanol–water partition coefficient (Wildman–Crippen LogP) is 3.82. The first-order valence-corrected chi connectivity index (χ1v) is 5.09. The van der Waals surface area contributed by atoms with E-state index in [-0.39, 0.29) is 0 Å². The van der Waals surface area contributed by atoms with Gasteiger partial charge >= 0.3 is 6.18 Å². The molecule has 1 aromatic heterocycles. The maximum Gasteiger partial charge on any atom is 0.416 e. The van der Waals surface area contributed by atoms with Crippen molar-refractivity contribution in [3.8, 4) is 11.3 Å². The normalized spacial score (nSPS) is 11.5. The van der Waals surface area contributed by atoms with Crippen LogP contribution in [0.5, 0.6) is 0 Å². The number of aromatic amines is 1. The first kappa shape index (κ1) is 11.8. The molecule has 1 aromatic carbocycles. The molecule has 2 nitrogen and oxygen atoms in total. The summed E-state index contributed by atoms with van der Waals surface area (Å²) in [4.78, 5) is 6.62. The zero-order valence-corrected chi connectivity index (χ0v) is 9.27. The first-order chi connectivity index (χ1) is 7.97. The summed E-state index contributed by atoms with van der Waals surface area (Å²) in [6.45, 7) is 0. The number of alkyl halides is 3. The highest BCUT2D eigenvalue weighted by Crippen LogP contribution is 2.31. The van der Waals surface area contributed by atoms with E-state index in [0.717, 1.165) is 12.1 Å². The number of rotatable bonds is 1. The zero-order valence-electron chi connectivity index (χ0n) is 8.45. The van der Waals surface area contributed by atoms with Crippen LogP contribution in [0.2, 0.25) is 0 Å². The van der Waals surface area contributed by atoms with Gasteiger partial charge in [0.15, 0.2) is 0 Å². The van der Waals surface area contributed by atoms with Crippen LogP contribution >= 0.6 is 12.2 Å². The molecule has 0 saturated heterocycles. The molecule has 2 rings (SSSR count). The van der Waals surface area contributed by atoms with Crippen molar-refractivity contribution in [3.05, 3.63) is 46.9 Å². The van der Waals surface area contributed by atoms with Crippen molar-refractivity contribution in [1.82, 2.24) is 9.97 Å². The Bertz CT molecular complexity index is 590. The van der Waals surface area contributed by atoms with Crippen molar-refractivity contribution in [1.29, 1.82) is 0 Å². The van der Waals surface area contributed by atoms with Crippen LogP contribution in [0.3, 0.4) is 0 Å². The van der Waals surface area contributed by atoms with Crippen molar-refractivity contribution < 1.29 is 13.2 Å². The average Bonchev–Trinajstić information content (AvgIpc) is 2.28. The molecule has 0 spiro atoms. The van der Waals surface area contributed by atoms with E-state index in [0.29, 0.717) is 15.9 Å². The Morgan fingerprint density at radius 1 is 1.18 bits per heavy atom. The minimum absolute atomic E-state index is 0.375. The number of benzene rings is 1. The highest BCUT2D eigenvalue weighted by molar-refractivity contribution is 7.71. The van der Waals surface area contributed by atoms with Gasteiger partial charge in [-0.05, 0) is 12.1 Å². The van der Waals surface area contributed by atoms with E-state index in [9.17, 15) is 13.2 Å². The lowest BCUT2D eigenvalue weighted by atomic mass is 10.1. The van der Waals surface area contributed by atoms with Crippen LogP contribution in [-0.4, -0.2) is 9.97 Å². The van der Waals surface area contributed by atoms with Gasteiger partial charge in [0.2, 0.25) is 0 Å². The summed E-state index contributed by atoms with van der Waals surface area (Å²) in [7, 11) is 0. The Balaban J connectivity index is 2.51. The van der Waals surface area contributed by atoms with Gasteiger partial charge in [-0.3, -0.25) is 4.98 Å². The largest absolute Gasteiger partial charge is 0.416 e. The maximum absolute atomic E-state index is 12.5. The van der Waals surface area contributed by atoms with E-state index >= 15 is 0 Å². The highest BCUT2D eigenvalue weighted by Gasteiger charge is 2.30. The summed E-state index contributed by atoms with van der Waals surface area (Å²) in [5.74, 6) is 0. The number of hydrogen-bond donors (Lipinski definition) is 1. The van der Waals surface area contributed by atoms with Crippen LogP contribution in [0, 0.1) is 4.64 Å². The smallest absolute Gasteiger partial charge is 0.344 e. The van der Waals surface area contributed by atoms with E-state index in [4.69, 9.17) is 12.2 Å².